The molecule has 0 aromatic heterocycles. The first kappa shape index (κ1) is 9.19. The lowest BCUT2D eigenvalue weighted by atomic mass is 9.90. The second kappa shape index (κ2) is 2.80. The summed E-state index contributed by atoms with van der Waals surface area (Å²) >= 11 is 5.92. The number of rotatable bonds is 1. The maximum absolute atomic E-state index is 11.8. The van der Waals surface area contributed by atoms with Crippen LogP contribution in [0.3, 0.4) is 0 Å². The molecule has 1 saturated heterocycles. The van der Waals surface area contributed by atoms with Crippen LogP contribution in [0.15, 0.2) is 12.2 Å². The second-order valence-electron chi connectivity index (χ2n) is 3.48. The van der Waals surface area contributed by atoms with Crippen LogP contribution in [0, 0.1) is 0 Å². The van der Waals surface area contributed by atoms with Crippen LogP contribution in [0.5, 0.6) is 0 Å². The van der Waals surface area contributed by atoms with Crippen molar-refractivity contribution >= 4 is 17.4 Å². The fraction of sp³-hybridized carbons (Fsp3) is 0.667. The number of ether oxygens (including phenoxy) is 2. The van der Waals surface area contributed by atoms with Crippen molar-refractivity contribution in [3.8, 4) is 0 Å². The predicted octanol–water partition coefficient (Wildman–Crippen LogP) is 0.905. The Hall–Kier alpha value is -0.380. The van der Waals surface area contributed by atoms with Gasteiger partial charge in [-0.25, -0.2) is 0 Å². The molecule has 0 saturated carbocycles. The van der Waals surface area contributed by atoms with Gasteiger partial charge in [0.2, 0.25) is 0 Å². The molecule has 0 radical (unpaired) electrons. The Balaban J connectivity index is 2.37. The Bertz CT molecular complexity index is 276. The van der Waals surface area contributed by atoms with Crippen molar-refractivity contribution < 1.29 is 14.3 Å². The Kier molecular flexibility index (Phi) is 1.98. The fourth-order valence-corrected chi connectivity index (χ4v) is 2.09. The van der Waals surface area contributed by atoms with E-state index in [1.165, 1.54) is 7.11 Å². The molecule has 3 nitrogen and oxygen atoms in total. The summed E-state index contributed by atoms with van der Waals surface area (Å²) in [6, 6.07) is 0. The van der Waals surface area contributed by atoms with Gasteiger partial charge < -0.3 is 9.47 Å². The Labute approximate surface area is 81.6 Å². The quantitative estimate of drug-likeness (QED) is 0.468. The fourth-order valence-electron chi connectivity index (χ4n) is 1.73. The zero-order valence-corrected chi connectivity index (χ0v) is 8.25. The standard InChI is InChI=1S/C9H11ClO3/c1-9(12-2)6-4-3-5(13-6)7(10)8(9)11/h3-7H,1-2H3/t5-,6+,7+,9+/m1/s1. The van der Waals surface area contributed by atoms with Crippen LogP contribution in [0.25, 0.3) is 0 Å². The maximum Gasteiger partial charge on any atom is 0.188 e. The molecule has 0 aromatic carbocycles. The number of hydrogen-bond acceptors (Lipinski definition) is 3. The molecule has 2 bridgehead atoms. The van der Waals surface area contributed by atoms with Crippen molar-refractivity contribution in [2.75, 3.05) is 7.11 Å². The van der Waals surface area contributed by atoms with E-state index < -0.39 is 11.0 Å². The van der Waals surface area contributed by atoms with Gasteiger partial charge >= 0.3 is 0 Å². The van der Waals surface area contributed by atoms with E-state index in [0.717, 1.165) is 0 Å². The van der Waals surface area contributed by atoms with Crippen molar-refractivity contribution in [3.05, 3.63) is 12.2 Å². The van der Waals surface area contributed by atoms with Gasteiger partial charge in [0, 0.05) is 7.11 Å². The van der Waals surface area contributed by atoms with Gasteiger partial charge in [-0.2, -0.15) is 0 Å². The van der Waals surface area contributed by atoms with E-state index in [2.05, 4.69) is 0 Å². The first-order chi connectivity index (χ1) is 6.09. The minimum Gasteiger partial charge on any atom is -0.368 e. The number of carbonyl (C=O) groups excluding carboxylic acids is 1. The maximum atomic E-state index is 11.8. The smallest absolute Gasteiger partial charge is 0.188 e. The van der Waals surface area contributed by atoms with Crippen molar-refractivity contribution in [3.63, 3.8) is 0 Å². The third kappa shape index (κ3) is 1.08. The van der Waals surface area contributed by atoms with Gasteiger partial charge in [-0.15, -0.1) is 11.6 Å². The van der Waals surface area contributed by atoms with Crippen LogP contribution in [0.4, 0.5) is 0 Å². The van der Waals surface area contributed by atoms with Gasteiger partial charge in [-0.1, -0.05) is 12.2 Å². The van der Waals surface area contributed by atoms with Crippen LogP contribution in [-0.4, -0.2) is 36.1 Å². The predicted molar refractivity (Wildman–Crippen MR) is 47.9 cm³/mol. The molecule has 0 unspecified atom stereocenters. The Morgan fingerprint density at radius 2 is 2.31 bits per heavy atom. The van der Waals surface area contributed by atoms with Gasteiger partial charge in [0.1, 0.15) is 17.6 Å². The highest BCUT2D eigenvalue weighted by atomic mass is 35.5. The average molecular weight is 203 g/mol. The molecular weight excluding hydrogens is 192 g/mol. The SMILES string of the molecule is CO[C@]1(C)C(=O)[C@@H](Cl)[C@H]2C=C[C@@H]1O2. The van der Waals surface area contributed by atoms with E-state index in [0.29, 0.717) is 0 Å². The van der Waals surface area contributed by atoms with E-state index in [1.54, 1.807) is 6.92 Å². The summed E-state index contributed by atoms with van der Waals surface area (Å²) in [7, 11) is 1.50. The summed E-state index contributed by atoms with van der Waals surface area (Å²) in [6.45, 7) is 1.71. The minimum absolute atomic E-state index is 0.0945. The van der Waals surface area contributed by atoms with E-state index in [1.807, 2.05) is 12.2 Å². The van der Waals surface area contributed by atoms with Crippen molar-refractivity contribution in [2.24, 2.45) is 0 Å². The molecule has 2 rings (SSSR count). The number of fused-ring (bicyclic) bond motifs is 2. The highest BCUT2D eigenvalue weighted by Gasteiger charge is 2.53. The molecule has 2 aliphatic rings. The van der Waals surface area contributed by atoms with Crippen LogP contribution < -0.4 is 0 Å². The molecule has 4 heteroatoms. The van der Waals surface area contributed by atoms with E-state index in [4.69, 9.17) is 21.1 Å². The van der Waals surface area contributed by atoms with Gasteiger partial charge in [0.15, 0.2) is 11.4 Å². The monoisotopic (exact) mass is 202 g/mol. The van der Waals surface area contributed by atoms with Crippen molar-refractivity contribution in [1.29, 1.82) is 0 Å². The lowest BCUT2D eigenvalue weighted by Gasteiger charge is -2.38. The largest absolute Gasteiger partial charge is 0.368 e. The van der Waals surface area contributed by atoms with Crippen LogP contribution in [-0.2, 0) is 14.3 Å². The third-order valence-electron chi connectivity index (χ3n) is 2.77. The molecule has 2 heterocycles. The molecule has 1 fully saturated rings. The topological polar surface area (TPSA) is 35.5 Å². The first-order valence-corrected chi connectivity index (χ1v) is 4.60. The minimum atomic E-state index is -0.921. The lowest BCUT2D eigenvalue weighted by molar-refractivity contribution is -0.168. The van der Waals surface area contributed by atoms with Gasteiger partial charge in [0.25, 0.3) is 0 Å². The second-order valence-corrected chi connectivity index (χ2v) is 3.95. The highest BCUT2D eigenvalue weighted by Crippen LogP contribution is 2.36. The van der Waals surface area contributed by atoms with E-state index >= 15 is 0 Å². The summed E-state index contributed by atoms with van der Waals surface area (Å²) in [6.07, 6.45) is 3.10. The molecular formula is C9H11ClO3. The summed E-state index contributed by atoms with van der Waals surface area (Å²) < 4.78 is 10.7. The van der Waals surface area contributed by atoms with Crippen molar-refractivity contribution in [1.82, 2.24) is 0 Å². The van der Waals surface area contributed by atoms with Crippen LogP contribution in [0.2, 0.25) is 0 Å². The molecule has 0 spiro atoms. The molecule has 0 aliphatic carbocycles. The summed E-state index contributed by atoms with van der Waals surface area (Å²) in [4.78, 5) is 11.8. The number of hydrogen-bond donors (Lipinski definition) is 0. The molecule has 13 heavy (non-hydrogen) atoms. The summed E-state index contributed by atoms with van der Waals surface area (Å²) in [5.74, 6) is -0.0945. The average Bonchev–Trinajstić information content (AvgIpc) is 2.59. The molecule has 0 amide bonds. The first-order valence-electron chi connectivity index (χ1n) is 4.17. The summed E-state index contributed by atoms with van der Waals surface area (Å²) in [5.41, 5.74) is -0.921. The van der Waals surface area contributed by atoms with E-state index in [-0.39, 0.29) is 18.0 Å². The zero-order valence-electron chi connectivity index (χ0n) is 7.49. The number of methoxy groups -OCH3 is 1. The van der Waals surface area contributed by atoms with Crippen LogP contribution in [0.1, 0.15) is 6.92 Å². The lowest BCUT2D eigenvalue weighted by Crippen LogP contribution is -2.57. The molecule has 0 N–H and O–H groups in total. The molecule has 72 valence electrons. The van der Waals surface area contributed by atoms with Gasteiger partial charge in [-0.05, 0) is 6.92 Å². The van der Waals surface area contributed by atoms with Crippen LogP contribution >= 0.6 is 11.6 Å². The Morgan fingerprint density at radius 1 is 1.62 bits per heavy atom. The van der Waals surface area contributed by atoms with E-state index in [9.17, 15) is 4.79 Å². The number of carbonyl (C=O) groups is 1. The summed E-state index contributed by atoms with van der Waals surface area (Å²) in [5, 5.41) is -0.625. The number of alkyl halides is 1. The highest BCUT2D eigenvalue weighted by molar-refractivity contribution is 6.33. The zero-order chi connectivity index (χ0) is 9.64. The van der Waals surface area contributed by atoms with Crippen molar-refractivity contribution in [2.45, 2.75) is 30.1 Å². The number of Topliss-reactive ketones (excluding diaryl/α,β-unsaturated/α-hetero) is 1. The molecule has 4 atom stereocenters. The normalized spacial score (nSPS) is 48.5. The molecule has 2 aliphatic heterocycles. The number of ketones is 1. The number of halogens is 1. The molecule has 0 aromatic rings. The third-order valence-corrected chi connectivity index (χ3v) is 3.22. The Morgan fingerprint density at radius 3 is 2.92 bits per heavy atom. The van der Waals surface area contributed by atoms with Gasteiger partial charge in [-0.3, -0.25) is 4.79 Å². The van der Waals surface area contributed by atoms with Gasteiger partial charge in [0.05, 0.1) is 0 Å².